The van der Waals surface area contributed by atoms with Gasteiger partial charge in [0.2, 0.25) is 5.91 Å². The summed E-state index contributed by atoms with van der Waals surface area (Å²) in [6.45, 7) is 6.99. The van der Waals surface area contributed by atoms with E-state index >= 15 is 0 Å². The molecule has 0 spiro atoms. The normalized spacial score (nSPS) is 19.5. The van der Waals surface area contributed by atoms with Crippen molar-refractivity contribution in [3.05, 3.63) is 83.4 Å². The first-order chi connectivity index (χ1) is 18.9. The zero-order chi connectivity index (χ0) is 28.8. The first kappa shape index (κ1) is 27.7. The molecule has 0 saturated carbocycles. The summed E-state index contributed by atoms with van der Waals surface area (Å²) in [4.78, 5) is 23.9. The van der Waals surface area contributed by atoms with E-state index in [9.17, 15) is 18.7 Å². The lowest BCUT2D eigenvalue weighted by Gasteiger charge is -2.37. The third kappa shape index (κ3) is 4.94. The Morgan fingerprint density at radius 2 is 1.80 bits per heavy atom. The fourth-order valence-electron chi connectivity index (χ4n) is 5.66. The molecule has 1 fully saturated rings. The monoisotopic (exact) mass is 547 g/mol. The third-order valence-corrected chi connectivity index (χ3v) is 8.13. The van der Waals surface area contributed by atoms with Crippen LogP contribution in [0.1, 0.15) is 75.4 Å². The van der Waals surface area contributed by atoms with Gasteiger partial charge in [-0.1, -0.05) is 49.4 Å². The standard InChI is InChI=1S/C31H35F2N5O2/c1-5-25(39)38-18-21(10-9-19(38)2)29-36-26(27-28(34)35-15-16-37(27)29)20-11-13-22(14-12-20)30(3,40)23-7-6-8-24(17-23)31(4,32)33/h6-8,11-17,19,21,40H,5,9-10,18H2,1-4H3,(H2,34,35)/t19-,21-,30-/m1/s1. The minimum atomic E-state index is -3.01. The number of anilines is 1. The molecule has 2 aromatic carbocycles. The number of nitrogens with two attached hydrogens (primary N) is 1. The number of imidazole rings is 1. The van der Waals surface area contributed by atoms with Gasteiger partial charge in [-0.3, -0.25) is 9.20 Å². The zero-order valence-electron chi connectivity index (χ0n) is 23.2. The number of nitrogens with zero attached hydrogens (tertiary/aromatic N) is 4. The summed E-state index contributed by atoms with van der Waals surface area (Å²) in [5.74, 6) is -1.67. The Bertz CT molecular complexity index is 1540. The molecule has 210 valence electrons. The lowest BCUT2D eigenvalue weighted by Crippen LogP contribution is -2.44. The Hall–Kier alpha value is -3.85. The van der Waals surface area contributed by atoms with E-state index in [1.54, 1.807) is 31.3 Å². The lowest BCUT2D eigenvalue weighted by molar-refractivity contribution is -0.134. The number of carbonyl (C=O) groups is 1. The van der Waals surface area contributed by atoms with Gasteiger partial charge in [0.1, 0.15) is 28.5 Å². The zero-order valence-corrected chi connectivity index (χ0v) is 23.2. The fraction of sp³-hybridized carbons (Fsp3) is 0.387. The summed E-state index contributed by atoms with van der Waals surface area (Å²) in [6, 6.07) is 13.3. The molecule has 3 N–H and O–H groups in total. The number of piperidine rings is 1. The molecule has 0 aliphatic carbocycles. The van der Waals surface area contributed by atoms with Gasteiger partial charge in [-0.2, -0.15) is 0 Å². The molecular formula is C31H35F2N5O2. The number of nitrogen functional groups attached to an aromatic ring is 1. The molecule has 0 bridgehead atoms. The number of aromatic nitrogens is 3. The summed E-state index contributed by atoms with van der Waals surface area (Å²) in [5.41, 5.74) is 7.75. The van der Waals surface area contributed by atoms with E-state index in [1.165, 1.54) is 18.2 Å². The summed E-state index contributed by atoms with van der Waals surface area (Å²) in [5, 5.41) is 11.4. The van der Waals surface area contributed by atoms with Gasteiger partial charge in [0.25, 0.3) is 5.92 Å². The molecule has 1 aliphatic heterocycles. The second-order valence-electron chi connectivity index (χ2n) is 11.0. The minimum Gasteiger partial charge on any atom is -0.382 e. The van der Waals surface area contributed by atoms with Crippen LogP contribution in [0.3, 0.4) is 0 Å². The van der Waals surface area contributed by atoms with Gasteiger partial charge in [0.15, 0.2) is 0 Å². The molecule has 40 heavy (non-hydrogen) atoms. The van der Waals surface area contributed by atoms with Gasteiger partial charge in [-0.25, -0.2) is 18.7 Å². The molecular weight excluding hydrogens is 512 g/mol. The molecule has 0 unspecified atom stereocenters. The number of fused-ring (bicyclic) bond motifs is 1. The molecule has 1 saturated heterocycles. The van der Waals surface area contributed by atoms with Gasteiger partial charge in [0, 0.05) is 55.4 Å². The van der Waals surface area contributed by atoms with Crippen LogP contribution in [0.25, 0.3) is 16.8 Å². The maximum atomic E-state index is 13.9. The molecule has 0 radical (unpaired) electrons. The van der Waals surface area contributed by atoms with E-state index in [2.05, 4.69) is 11.9 Å². The van der Waals surface area contributed by atoms with Crippen LogP contribution >= 0.6 is 0 Å². The number of carbonyl (C=O) groups excluding carboxylic acids is 1. The van der Waals surface area contributed by atoms with Gasteiger partial charge >= 0.3 is 0 Å². The molecule has 5 rings (SSSR count). The highest BCUT2D eigenvalue weighted by Gasteiger charge is 2.33. The van der Waals surface area contributed by atoms with E-state index in [0.717, 1.165) is 31.2 Å². The van der Waals surface area contributed by atoms with Crippen molar-refractivity contribution in [3.63, 3.8) is 0 Å². The number of halogens is 2. The van der Waals surface area contributed by atoms with E-state index in [1.807, 2.05) is 34.6 Å². The van der Waals surface area contributed by atoms with Crippen molar-refractivity contribution in [2.24, 2.45) is 0 Å². The molecule has 9 heteroatoms. The third-order valence-electron chi connectivity index (χ3n) is 8.13. The number of hydrogen-bond acceptors (Lipinski definition) is 5. The summed E-state index contributed by atoms with van der Waals surface area (Å²) in [6.07, 6.45) is 5.73. The van der Waals surface area contributed by atoms with Crippen molar-refractivity contribution in [2.45, 2.75) is 70.4 Å². The minimum absolute atomic E-state index is 0.0405. The first-order valence-electron chi connectivity index (χ1n) is 13.7. The molecule has 1 aliphatic rings. The van der Waals surface area contributed by atoms with Crippen LogP contribution in [0.5, 0.6) is 0 Å². The lowest BCUT2D eigenvalue weighted by atomic mass is 9.86. The molecule has 3 heterocycles. The fourth-order valence-corrected chi connectivity index (χ4v) is 5.66. The quantitative estimate of drug-likeness (QED) is 0.316. The van der Waals surface area contributed by atoms with Crippen LogP contribution in [0, 0.1) is 0 Å². The number of amides is 1. The van der Waals surface area contributed by atoms with Crippen molar-refractivity contribution >= 4 is 17.2 Å². The van der Waals surface area contributed by atoms with Crippen LogP contribution in [0.4, 0.5) is 14.6 Å². The average molecular weight is 548 g/mol. The number of rotatable bonds is 6. The van der Waals surface area contributed by atoms with Crippen molar-refractivity contribution in [3.8, 4) is 11.3 Å². The van der Waals surface area contributed by atoms with Crippen molar-refractivity contribution in [2.75, 3.05) is 12.3 Å². The Morgan fingerprint density at radius 1 is 1.10 bits per heavy atom. The van der Waals surface area contributed by atoms with E-state index < -0.39 is 11.5 Å². The second-order valence-corrected chi connectivity index (χ2v) is 11.0. The Labute approximate surface area is 232 Å². The highest BCUT2D eigenvalue weighted by molar-refractivity contribution is 5.85. The van der Waals surface area contributed by atoms with Crippen molar-refractivity contribution in [1.82, 2.24) is 19.3 Å². The summed E-state index contributed by atoms with van der Waals surface area (Å²) in [7, 11) is 0. The SMILES string of the molecule is CCC(=O)N1C[C@H](c2nc(-c3ccc([C@@](C)(O)c4cccc(C(C)(F)F)c4)cc3)c3c(N)nccn23)CC[C@H]1C. The number of benzene rings is 2. The largest absolute Gasteiger partial charge is 0.382 e. The van der Waals surface area contributed by atoms with E-state index in [4.69, 9.17) is 10.7 Å². The maximum absolute atomic E-state index is 13.9. The van der Waals surface area contributed by atoms with Gasteiger partial charge in [-0.05, 0) is 43.9 Å². The van der Waals surface area contributed by atoms with Gasteiger partial charge < -0.3 is 15.7 Å². The number of aliphatic hydroxyl groups is 1. The molecule has 1 amide bonds. The maximum Gasteiger partial charge on any atom is 0.270 e. The van der Waals surface area contributed by atoms with Crippen molar-refractivity contribution in [1.29, 1.82) is 0 Å². The van der Waals surface area contributed by atoms with Crippen molar-refractivity contribution < 1.29 is 18.7 Å². The van der Waals surface area contributed by atoms with Gasteiger partial charge in [-0.15, -0.1) is 0 Å². The van der Waals surface area contributed by atoms with E-state index in [0.29, 0.717) is 41.1 Å². The Kier molecular flexibility index (Phi) is 7.12. The molecule has 3 atom stereocenters. The molecule has 2 aromatic heterocycles. The smallest absolute Gasteiger partial charge is 0.270 e. The van der Waals surface area contributed by atoms with Gasteiger partial charge in [0.05, 0.1) is 0 Å². The summed E-state index contributed by atoms with van der Waals surface area (Å²) >= 11 is 0. The van der Waals surface area contributed by atoms with Crippen LogP contribution in [0.2, 0.25) is 0 Å². The first-order valence-corrected chi connectivity index (χ1v) is 13.7. The number of hydrogen-bond donors (Lipinski definition) is 2. The second kappa shape index (κ2) is 10.3. The van der Waals surface area contributed by atoms with E-state index in [-0.39, 0.29) is 23.4 Å². The highest BCUT2D eigenvalue weighted by Crippen LogP contribution is 2.37. The highest BCUT2D eigenvalue weighted by atomic mass is 19.3. The summed E-state index contributed by atoms with van der Waals surface area (Å²) < 4.78 is 29.8. The number of likely N-dealkylation sites (tertiary alicyclic amines) is 1. The van der Waals surface area contributed by atoms with Crippen LogP contribution < -0.4 is 5.73 Å². The number of alkyl halides is 2. The predicted molar refractivity (Wildman–Crippen MR) is 151 cm³/mol. The van der Waals surface area contributed by atoms with Crippen LogP contribution in [-0.4, -0.2) is 42.9 Å². The average Bonchev–Trinajstić information content (AvgIpc) is 3.33. The molecule has 4 aromatic rings. The van der Waals surface area contributed by atoms with Crippen LogP contribution in [0.15, 0.2) is 60.9 Å². The Morgan fingerprint density at radius 3 is 2.48 bits per heavy atom. The predicted octanol–water partition coefficient (Wildman–Crippen LogP) is 5.85. The molecule has 7 nitrogen and oxygen atoms in total. The Balaban J connectivity index is 1.52. The van der Waals surface area contributed by atoms with Crippen LogP contribution in [-0.2, 0) is 16.3 Å². The topological polar surface area (TPSA) is 96.8 Å².